The second-order valence-electron chi connectivity index (χ2n) is 6.89. The van der Waals surface area contributed by atoms with Crippen LogP contribution in [0.4, 0.5) is 0 Å². The number of nitrogens with zero attached hydrogens (tertiary/aromatic N) is 3. The van der Waals surface area contributed by atoms with Crippen molar-refractivity contribution in [3.05, 3.63) is 46.1 Å². The van der Waals surface area contributed by atoms with Crippen LogP contribution in [0.15, 0.2) is 18.3 Å². The minimum Gasteiger partial charge on any atom is -0.481 e. The molecule has 2 aromatic rings. The molecule has 1 aliphatic rings. The number of carbonyl (C=O) groups excluding carboxylic acids is 1. The minimum absolute atomic E-state index is 0.0140. The summed E-state index contributed by atoms with van der Waals surface area (Å²) >= 11 is 0. The minimum atomic E-state index is -0.0140. The van der Waals surface area contributed by atoms with E-state index in [9.17, 15) is 4.79 Å². The molecule has 0 fully saturated rings. The summed E-state index contributed by atoms with van der Waals surface area (Å²) in [6, 6.07) is 4.47. The third kappa shape index (κ3) is 2.97. The van der Waals surface area contributed by atoms with Crippen LogP contribution in [0.25, 0.3) is 0 Å². The van der Waals surface area contributed by atoms with Gasteiger partial charge in [0.2, 0.25) is 5.88 Å². The molecule has 1 unspecified atom stereocenters. The van der Waals surface area contributed by atoms with Gasteiger partial charge in [-0.1, -0.05) is 12.1 Å². The van der Waals surface area contributed by atoms with Crippen LogP contribution in [-0.4, -0.2) is 41.7 Å². The van der Waals surface area contributed by atoms with Crippen molar-refractivity contribution >= 4 is 5.78 Å². The first kappa shape index (κ1) is 17.7. The molecule has 0 N–H and O–H groups in total. The number of carbonyl (C=O) groups is 1. The summed E-state index contributed by atoms with van der Waals surface area (Å²) in [5.74, 6) is 0.522. The SMILES string of the molecule is CCn1ncc(C(=O)c2ccc3c(c2C)C(N(C)C)CCC3)c1OC. The molecule has 1 aromatic heterocycles. The first-order chi connectivity index (χ1) is 12.0. The van der Waals surface area contributed by atoms with Gasteiger partial charge in [-0.2, -0.15) is 5.10 Å². The van der Waals surface area contributed by atoms with E-state index in [1.165, 1.54) is 17.5 Å². The van der Waals surface area contributed by atoms with Gasteiger partial charge in [0.1, 0.15) is 5.56 Å². The highest BCUT2D eigenvalue weighted by Gasteiger charge is 2.28. The van der Waals surface area contributed by atoms with Crippen molar-refractivity contribution in [2.75, 3.05) is 21.2 Å². The van der Waals surface area contributed by atoms with Gasteiger partial charge in [0, 0.05) is 18.2 Å². The number of fused-ring (bicyclic) bond motifs is 1. The van der Waals surface area contributed by atoms with E-state index in [2.05, 4.69) is 37.1 Å². The number of hydrogen-bond acceptors (Lipinski definition) is 4. The van der Waals surface area contributed by atoms with Crippen molar-refractivity contribution in [3.63, 3.8) is 0 Å². The van der Waals surface area contributed by atoms with E-state index in [0.717, 1.165) is 24.0 Å². The number of benzene rings is 1. The zero-order valence-electron chi connectivity index (χ0n) is 15.8. The zero-order chi connectivity index (χ0) is 18.1. The molecule has 0 amide bonds. The summed E-state index contributed by atoms with van der Waals surface area (Å²) in [6.45, 7) is 4.72. The summed E-state index contributed by atoms with van der Waals surface area (Å²) in [5, 5.41) is 4.27. The summed E-state index contributed by atoms with van der Waals surface area (Å²) < 4.78 is 7.15. The molecule has 0 radical (unpaired) electrons. The van der Waals surface area contributed by atoms with Crippen molar-refractivity contribution in [1.82, 2.24) is 14.7 Å². The fraction of sp³-hybridized carbons (Fsp3) is 0.500. The number of rotatable bonds is 5. The lowest BCUT2D eigenvalue weighted by atomic mass is 9.81. The molecule has 5 nitrogen and oxygen atoms in total. The molecular formula is C20H27N3O2. The van der Waals surface area contributed by atoms with Gasteiger partial charge in [-0.15, -0.1) is 0 Å². The summed E-state index contributed by atoms with van der Waals surface area (Å²) in [5.41, 5.74) is 5.07. The molecule has 1 aromatic carbocycles. The highest BCUT2D eigenvalue weighted by Crippen LogP contribution is 2.37. The topological polar surface area (TPSA) is 47.4 Å². The first-order valence-electron chi connectivity index (χ1n) is 8.92. The Balaban J connectivity index is 2.08. The maximum absolute atomic E-state index is 13.2. The molecule has 25 heavy (non-hydrogen) atoms. The summed E-state index contributed by atoms with van der Waals surface area (Å²) in [7, 11) is 5.81. The lowest BCUT2D eigenvalue weighted by molar-refractivity contribution is 0.103. The Hall–Kier alpha value is -2.14. The van der Waals surface area contributed by atoms with Crippen LogP contribution in [0.5, 0.6) is 5.88 Å². The first-order valence-corrected chi connectivity index (χ1v) is 8.92. The molecule has 134 valence electrons. The van der Waals surface area contributed by atoms with Gasteiger partial charge >= 0.3 is 0 Å². The highest BCUT2D eigenvalue weighted by atomic mass is 16.5. The fourth-order valence-corrected chi connectivity index (χ4v) is 3.97. The maximum Gasteiger partial charge on any atom is 0.223 e. The number of hydrogen-bond donors (Lipinski definition) is 0. The Morgan fingerprint density at radius 2 is 2.12 bits per heavy atom. The molecule has 0 aliphatic heterocycles. The number of ether oxygens (including phenoxy) is 1. The Morgan fingerprint density at radius 1 is 1.36 bits per heavy atom. The molecular weight excluding hydrogens is 314 g/mol. The molecule has 0 spiro atoms. The zero-order valence-corrected chi connectivity index (χ0v) is 15.8. The Labute approximate surface area is 149 Å². The lowest BCUT2D eigenvalue weighted by Crippen LogP contribution is -2.26. The van der Waals surface area contributed by atoms with E-state index in [0.29, 0.717) is 24.0 Å². The highest BCUT2D eigenvalue weighted by molar-refractivity contribution is 6.11. The molecule has 0 saturated carbocycles. The second kappa shape index (κ2) is 7.00. The van der Waals surface area contributed by atoms with E-state index < -0.39 is 0 Å². The average molecular weight is 341 g/mol. The molecule has 5 heteroatoms. The van der Waals surface area contributed by atoms with E-state index in [1.807, 2.05) is 13.0 Å². The smallest absolute Gasteiger partial charge is 0.223 e. The van der Waals surface area contributed by atoms with Gasteiger partial charge in [-0.25, -0.2) is 4.68 Å². The van der Waals surface area contributed by atoms with Crippen LogP contribution >= 0.6 is 0 Å². The third-order valence-corrected chi connectivity index (χ3v) is 5.26. The average Bonchev–Trinajstić information content (AvgIpc) is 3.04. The van der Waals surface area contributed by atoms with Gasteiger partial charge < -0.3 is 9.64 Å². The van der Waals surface area contributed by atoms with E-state index >= 15 is 0 Å². The van der Waals surface area contributed by atoms with Gasteiger partial charge in [0.25, 0.3) is 0 Å². The van der Waals surface area contributed by atoms with Gasteiger partial charge in [-0.05, 0) is 63.9 Å². The molecule has 0 saturated heterocycles. The fourth-order valence-electron chi connectivity index (χ4n) is 3.97. The maximum atomic E-state index is 13.2. The summed E-state index contributed by atoms with van der Waals surface area (Å²) in [4.78, 5) is 15.5. The molecule has 0 bridgehead atoms. The summed E-state index contributed by atoms with van der Waals surface area (Å²) in [6.07, 6.45) is 5.04. The number of aryl methyl sites for hydroxylation is 2. The molecule has 1 heterocycles. The number of ketones is 1. The molecule has 3 rings (SSSR count). The monoisotopic (exact) mass is 341 g/mol. The van der Waals surface area contributed by atoms with Crippen molar-refractivity contribution in [2.24, 2.45) is 0 Å². The normalized spacial score (nSPS) is 16.8. The van der Waals surface area contributed by atoms with Crippen LogP contribution in [0, 0.1) is 6.92 Å². The molecule has 1 atom stereocenters. The van der Waals surface area contributed by atoms with Crippen molar-refractivity contribution < 1.29 is 9.53 Å². The number of aromatic nitrogens is 2. The van der Waals surface area contributed by atoms with Crippen LogP contribution in [0.3, 0.4) is 0 Å². The Morgan fingerprint density at radius 3 is 2.76 bits per heavy atom. The number of methoxy groups -OCH3 is 1. The van der Waals surface area contributed by atoms with Crippen molar-refractivity contribution in [2.45, 2.75) is 45.7 Å². The van der Waals surface area contributed by atoms with Crippen LogP contribution in [0.1, 0.15) is 58.4 Å². The van der Waals surface area contributed by atoms with Gasteiger partial charge in [0.15, 0.2) is 5.78 Å². The lowest BCUT2D eigenvalue weighted by Gasteiger charge is -2.33. The van der Waals surface area contributed by atoms with Gasteiger partial charge in [0.05, 0.1) is 13.3 Å². The van der Waals surface area contributed by atoms with Crippen LogP contribution < -0.4 is 4.74 Å². The van der Waals surface area contributed by atoms with Crippen LogP contribution in [0.2, 0.25) is 0 Å². The van der Waals surface area contributed by atoms with Crippen LogP contribution in [-0.2, 0) is 13.0 Å². The van der Waals surface area contributed by atoms with E-state index in [4.69, 9.17) is 4.74 Å². The van der Waals surface area contributed by atoms with E-state index in [1.54, 1.807) is 18.0 Å². The second-order valence-corrected chi connectivity index (χ2v) is 6.89. The predicted octanol–water partition coefficient (Wildman–Crippen LogP) is 3.39. The largest absolute Gasteiger partial charge is 0.481 e. The van der Waals surface area contributed by atoms with Crippen molar-refractivity contribution in [1.29, 1.82) is 0 Å². The standard InChI is InChI=1S/C20H27N3O2/c1-6-23-20(25-5)16(12-21-23)19(24)15-11-10-14-8-7-9-17(22(3)4)18(14)13(15)2/h10-12,17H,6-9H2,1-5H3. The Kier molecular flexibility index (Phi) is 4.95. The predicted molar refractivity (Wildman–Crippen MR) is 98.4 cm³/mol. The quantitative estimate of drug-likeness (QED) is 0.782. The van der Waals surface area contributed by atoms with Gasteiger partial charge in [-0.3, -0.25) is 4.79 Å². The van der Waals surface area contributed by atoms with Crippen molar-refractivity contribution in [3.8, 4) is 5.88 Å². The third-order valence-electron chi connectivity index (χ3n) is 5.26. The van der Waals surface area contributed by atoms with E-state index in [-0.39, 0.29) is 5.78 Å². The Bertz CT molecular complexity index is 792. The molecule has 1 aliphatic carbocycles.